The number of hydrogen-bond acceptors (Lipinski definition) is 3. The fourth-order valence-electron chi connectivity index (χ4n) is 1.78. The van der Waals surface area contributed by atoms with Gasteiger partial charge in [-0.1, -0.05) is 11.6 Å². The summed E-state index contributed by atoms with van der Waals surface area (Å²) in [6, 6.07) is 7.66. The fourth-order valence-corrected chi connectivity index (χ4v) is 2.01. The molecule has 1 aromatic carbocycles. The zero-order chi connectivity index (χ0) is 11.4. The van der Waals surface area contributed by atoms with Gasteiger partial charge in [0.1, 0.15) is 0 Å². The number of nitrogens with zero attached hydrogens (tertiary/aromatic N) is 1. The molecule has 0 aliphatic carbocycles. The summed E-state index contributed by atoms with van der Waals surface area (Å²) < 4.78 is 5.38. The van der Waals surface area contributed by atoms with Crippen molar-refractivity contribution in [2.24, 2.45) is 0 Å². The van der Waals surface area contributed by atoms with Crippen molar-refractivity contribution in [2.45, 2.75) is 18.9 Å². The van der Waals surface area contributed by atoms with Crippen LogP contribution in [0.3, 0.4) is 0 Å². The van der Waals surface area contributed by atoms with Crippen LogP contribution < -0.4 is 5.32 Å². The lowest BCUT2D eigenvalue weighted by molar-refractivity contribution is 0.0876. The van der Waals surface area contributed by atoms with Crippen molar-refractivity contribution < 1.29 is 4.74 Å². The van der Waals surface area contributed by atoms with E-state index in [-0.39, 0.29) is 0 Å². The average Bonchev–Trinajstić information content (AvgIpc) is 2.33. The third-order valence-electron chi connectivity index (χ3n) is 2.62. The minimum absolute atomic E-state index is 0.319. The summed E-state index contributed by atoms with van der Waals surface area (Å²) in [5.74, 6) is 0. The minimum Gasteiger partial charge on any atom is -0.379 e. The Bertz CT molecular complexity index is 408. The number of benzene rings is 1. The molecule has 1 aliphatic rings. The molecule has 0 saturated carbocycles. The smallest absolute Gasteiger partial charge is 0.0992 e. The molecule has 1 unspecified atom stereocenters. The first-order valence-corrected chi connectivity index (χ1v) is 5.71. The maximum atomic E-state index is 8.73. The van der Waals surface area contributed by atoms with Crippen LogP contribution in [0.25, 0.3) is 0 Å². The number of hydrogen-bond donors (Lipinski definition) is 1. The molecule has 0 amide bonds. The molecule has 0 bridgehead atoms. The van der Waals surface area contributed by atoms with Crippen molar-refractivity contribution in [3.63, 3.8) is 0 Å². The van der Waals surface area contributed by atoms with Gasteiger partial charge in [-0.15, -0.1) is 0 Å². The first-order chi connectivity index (χ1) is 7.79. The summed E-state index contributed by atoms with van der Waals surface area (Å²) >= 11 is 6.07. The van der Waals surface area contributed by atoms with Gasteiger partial charge >= 0.3 is 0 Å². The molecule has 1 aliphatic heterocycles. The molecule has 1 N–H and O–H groups in total. The standard InChI is InChI=1S/C12H13ClN2O/c13-11-6-9(7-14)3-4-12(11)15-10-2-1-5-16-8-10/h3-4,6,10,15H,1-2,5,8H2. The van der Waals surface area contributed by atoms with Gasteiger partial charge in [-0.3, -0.25) is 0 Å². The third-order valence-corrected chi connectivity index (χ3v) is 2.93. The van der Waals surface area contributed by atoms with Crippen LogP contribution in [0.2, 0.25) is 5.02 Å². The Morgan fingerprint density at radius 3 is 3.00 bits per heavy atom. The molecule has 2 rings (SSSR count). The van der Waals surface area contributed by atoms with Crippen molar-refractivity contribution in [1.29, 1.82) is 5.26 Å². The van der Waals surface area contributed by atoms with Crippen molar-refractivity contribution in [3.05, 3.63) is 28.8 Å². The van der Waals surface area contributed by atoms with Crippen LogP contribution in [0.4, 0.5) is 5.69 Å². The highest BCUT2D eigenvalue weighted by atomic mass is 35.5. The summed E-state index contributed by atoms with van der Waals surface area (Å²) in [5.41, 5.74) is 1.45. The molecule has 1 heterocycles. The number of halogens is 1. The molecule has 1 atom stereocenters. The summed E-state index contributed by atoms with van der Waals surface area (Å²) in [6.07, 6.45) is 2.17. The lowest BCUT2D eigenvalue weighted by Crippen LogP contribution is -2.30. The van der Waals surface area contributed by atoms with Crippen molar-refractivity contribution in [2.75, 3.05) is 18.5 Å². The molecule has 1 aromatic rings. The molecular formula is C12H13ClN2O. The van der Waals surface area contributed by atoms with E-state index in [2.05, 4.69) is 11.4 Å². The van der Waals surface area contributed by atoms with Gasteiger partial charge in [0.15, 0.2) is 0 Å². The molecule has 3 nitrogen and oxygen atoms in total. The first kappa shape index (κ1) is 11.3. The highest BCUT2D eigenvalue weighted by Crippen LogP contribution is 2.24. The van der Waals surface area contributed by atoms with E-state index < -0.39 is 0 Å². The number of nitriles is 1. The number of ether oxygens (including phenoxy) is 1. The maximum Gasteiger partial charge on any atom is 0.0992 e. The van der Waals surface area contributed by atoms with Gasteiger partial charge in [0.2, 0.25) is 0 Å². The molecule has 4 heteroatoms. The number of rotatable bonds is 2. The SMILES string of the molecule is N#Cc1ccc(NC2CCCOC2)c(Cl)c1. The summed E-state index contributed by atoms with van der Waals surface area (Å²) in [4.78, 5) is 0. The van der Waals surface area contributed by atoms with E-state index in [1.54, 1.807) is 12.1 Å². The topological polar surface area (TPSA) is 45.0 Å². The third kappa shape index (κ3) is 2.66. The molecular weight excluding hydrogens is 224 g/mol. The second-order valence-electron chi connectivity index (χ2n) is 3.86. The first-order valence-electron chi connectivity index (χ1n) is 5.33. The lowest BCUT2D eigenvalue weighted by Gasteiger charge is -2.24. The Morgan fingerprint density at radius 2 is 2.38 bits per heavy atom. The predicted octanol–water partition coefficient (Wildman–Crippen LogP) is 2.80. The van der Waals surface area contributed by atoms with Crippen LogP contribution in [0.15, 0.2) is 18.2 Å². The Labute approximate surface area is 100.0 Å². The van der Waals surface area contributed by atoms with Crippen molar-refractivity contribution >= 4 is 17.3 Å². The number of anilines is 1. The summed E-state index contributed by atoms with van der Waals surface area (Å²) in [5, 5.41) is 12.6. The van der Waals surface area contributed by atoms with Gasteiger partial charge in [0.05, 0.1) is 28.9 Å². The van der Waals surface area contributed by atoms with E-state index in [0.717, 1.165) is 31.7 Å². The van der Waals surface area contributed by atoms with Crippen LogP contribution in [-0.4, -0.2) is 19.3 Å². The van der Waals surface area contributed by atoms with Gasteiger partial charge in [-0.05, 0) is 31.0 Å². The second kappa shape index (κ2) is 5.20. The monoisotopic (exact) mass is 236 g/mol. The Balaban J connectivity index is 2.06. The fraction of sp³-hybridized carbons (Fsp3) is 0.417. The van der Waals surface area contributed by atoms with Crippen molar-refractivity contribution in [3.8, 4) is 6.07 Å². The lowest BCUT2D eigenvalue weighted by atomic mass is 10.1. The minimum atomic E-state index is 0.319. The highest BCUT2D eigenvalue weighted by Gasteiger charge is 2.14. The van der Waals surface area contributed by atoms with E-state index in [1.165, 1.54) is 0 Å². The Hall–Kier alpha value is -1.24. The zero-order valence-electron chi connectivity index (χ0n) is 8.87. The van der Waals surface area contributed by atoms with Gasteiger partial charge in [-0.25, -0.2) is 0 Å². The Morgan fingerprint density at radius 1 is 1.50 bits per heavy atom. The van der Waals surface area contributed by atoms with E-state index in [4.69, 9.17) is 21.6 Å². The Kier molecular flexibility index (Phi) is 3.66. The molecule has 0 aromatic heterocycles. The summed E-state index contributed by atoms with van der Waals surface area (Å²) in [6.45, 7) is 1.57. The van der Waals surface area contributed by atoms with E-state index >= 15 is 0 Å². The molecule has 84 valence electrons. The van der Waals surface area contributed by atoms with Crippen LogP contribution >= 0.6 is 11.6 Å². The number of nitrogens with one attached hydrogen (secondary N) is 1. The molecule has 16 heavy (non-hydrogen) atoms. The molecule has 0 radical (unpaired) electrons. The van der Waals surface area contributed by atoms with Gasteiger partial charge in [0, 0.05) is 12.6 Å². The second-order valence-corrected chi connectivity index (χ2v) is 4.27. The van der Waals surface area contributed by atoms with Crippen molar-refractivity contribution in [1.82, 2.24) is 0 Å². The van der Waals surface area contributed by atoms with Crippen LogP contribution in [0.1, 0.15) is 18.4 Å². The highest BCUT2D eigenvalue weighted by molar-refractivity contribution is 6.33. The quantitative estimate of drug-likeness (QED) is 0.859. The maximum absolute atomic E-state index is 8.73. The zero-order valence-corrected chi connectivity index (χ0v) is 9.63. The summed E-state index contributed by atoms with van der Waals surface area (Å²) in [7, 11) is 0. The van der Waals surface area contributed by atoms with Gasteiger partial charge < -0.3 is 10.1 Å². The molecule has 1 saturated heterocycles. The van der Waals surface area contributed by atoms with Crippen LogP contribution in [0, 0.1) is 11.3 Å². The molecule has 1 fully saturated rings. The van der Waals surface area contributed by atoms with E-state index in [1.807, 2.05) is 6.07 Å². The van der Waals surface area contributed by atoms with Crippen LogP contribution in [-0.2, 0) is 4.74 Å². The van der Waals surface area contributed by atoms with Gasteiger partial charge in [0.25, 0.3) is 0 Å². The van der Waals surface area contributed by atoms with E-state index in [9.17, 15) is 0 Å². The van der Waals surface area contributed by atoms with E-state index in [0.29, 0.717) is 16.6 Å². The average molecular weight is 237 g/mol. The predicted molar refractivity (Wildman–Crippen MR) is 63.6 cm³/mol. The molecule has 0 spiro atoms. The normalized spacial score (nSPS) is 20.1. The van der Waals surface area contributed by atoms with Gasteiger partial charge in [-0.2, -0.15) is 5.26 Å². The van der Waals surface area contributed by atoms with Crippen LogP contribution in [0.5, 0.6) is 0 Å². The largest absolute Gasteiger partial charge is 0.379 e.